The largest absolute Gasteiger partial charge is 0.390 e. The number of halogens is 2. The number of rotatable bonds is 5. The molecule has 0 aliphatic carbocycles. The van der Waals surface area contributed by atoms with Gasteiger partial charge in [0.25, 0.3) is 0 Å². The molecule has 0 radical (unpaired) electrons. The summed E-state index contributed by atoms with van der Waals surface area (Å²) in [5, 5.41) is 10.0. The van der Waals surface area contributed by atoms with Crippen molar-refractivity contribution < 1.29 is 13.9 Å². The molecule has 0 spiro atoms. The van der Waals surface area contributed by atoms with Crippen LogP contribution in [0, 0.1) is 11.6 Å². The number of hydrogen-bond acceptors (Lipinski definition) is 3. The fraction of sp³-hybridized carbons (Fsp3) is 0.571. The topological polar surface area (TPSA) is 49.5 Å². The molecule has 0 amide bonds. The maximum atomic E-state index is 13.5. The lowest BCUT2D eigenvalue weighted by Crippen LogP contribution is -2.44. The predicted molar refractivity (Wildman–Crippen MR) is 69.7 cm³/mol. The molecule has 1 aliphatic heterocycles. The first-order valence-electron chi connectivity index (χ1n) is 6.66. The van der Waals surface area contributed by atoms with Gasteiger partial charge in [-0.25, -0.2) is 8.78 Å². The normalized spacial score (nSPS) is 19.6. The van der Waals surface area contributed by atoms with Crippen molar-refractivity contribution in [1.29, 1.82) is 0 Å². The number of aliphatic hydroxyl groups excluding tert-OH is 1. The highest BCUT2D eigenvalue weighted by molar-refractivity contribution is 5.20. The van der Waals surface area contributed by atoms with Crippen molar-refractivity contribution in [1.82, 2.24) is 4.90 Å². The minimum atomic E-state index is -0.722. The second-order valence-corrected chi connectivity index (χ2v) is 5.18. The second kappa shape index (κ2) is 6.41. The van der Waals surface area contributed by atoms with E-state index in [-0.39, 0.29) is 12.0 Å². The highest BCUT2D eigenvalue weighted by Crippen LogP contribution is 2.14. The molecule has 1 aromatic carbocycles. The number of aliphatic hydroxyl groups is 1. The lowest BCUT2D eigenvalue weighted by atomic mass is 10.0. The van der Waals surface area contributed by atoms with Gasteiger partial charge < -0.3 is 15.7 Å². The summed E-state index contributed by atoms with van der Waals surface area (Å²) in [5.74, 6) is -0.970. The number of hydrogen-bond donors (Lipinski definition) is 2. The van der Waals surface area contributed by atoms with Gasteiger partial charge in [-0.15, -0.1) is 0 Å². The molecular weight excluding hydrogens is 250 g/mol. The fourth-order valence-corrected chi connectivity index (χ4v) is 2.45. The first kappa shape index (κ1) is 14.4. The lowest BCUT2D eigenvalue weighted by molar-refractivity contribution is 0.101. The molecule has 1 saturated heterocycles. The third-order valence-electron chi connectivity index (χ3n) is 3.60. The van der Waals surface area contributed by atoms with Gasteiger partial charge in [0, 0.05) is 12.6 Å². The smallest absolute Gasteiger partial charge is 0.126 e. The Morgan fingerprint density at radius 1 is 1.26 bits per heavy atom. The van der Waals surface area contributed by atoms with E-state index in [1.54, 1.807) is 0 Å². The SMILES string of the molecule is N[C@H](Cc1cc(F)ccc1F)[C@H](O)CN1CCCC1. The van der Waals surface area contributed by atoms with Gasteiger partial charge in [0.2, 0.25) is 0 Å². The van der Waals surface area contributed by atoms with Crippen LogP contribution < -0.4 is 5.73 Å². The summed E-state index contributed by atoms with van der Waals surface area (Å²) in [6, 6.07) is 2.71. The van der Waals surface area contributed by atoms with Crippen LogP contribution in [-0.4, -0.2) is 41.8 Å². The van der Waals surface area contributed by atoms with Crippen LogP contribution in [0.15, 0.2) is 18.2 Å². The van der Waals surface area contributed by atoms with E-state index < -0.39 is 23.8 Å². The van der Waals surface area contributed by atoms with Gasteiger partial charge >= 0.3 is 0 Å². The summed E-state index contributed by atoms with van der Waals surface area (Å²) in [4.78, 5) is 2.15. The molecule has 0 unspecified atom stereocenters. The second-order valence-electron chi connectivity index (χ2n) is 5.18. The Kier molecular flexibility index (Phi) is 4.85. The van der Waals surface area contributed by atoms with E-state index >= 15 is 0 Å². The van der Waals surface area contributed by atoms with E-state index in [2.05, 4.69) is 4.90 Å². The van der Waals surface area contributed by atoms with Gasteiger partial charge in [-0.1, -0.05) is 0 Å². The summed E-state index contributed by atoms with van der Waals surface area (Å²) in [5.41, 5.74) is 6.10. The molecule has 5 heteroatoms. The van der Waals surface area contributed by atoms with E-state index in [1.165, 1.54) is 0 Å². The molecule has 19 heavy (non-hydrogen) atoms. The highest BCUT2D eigenvalue weighted by Gasteiger charge is 2.21. The maximum Gasteiger partial charge on any atom is 0.126 e. The van der Waals surface area contributed by atoms with Crippen LogP contribution in [0.2, 0.25) is 0 Å². The summed E-state index contributed by atoms with van der Waals surface area (Å²) in [7, 11) is 0. The average molecular weight is 270 g/mol. The van der Waals surface area contributed by atoms with E-state index in [1.807, 2.05) is 0 Å². The molecule has 106 valence electrons. The van der Waals surface area contributed by atoms with Gasteiger partial charge in [0.1, 0.15) is 11.6 Å². The Balaban J connectivity index is 1.91. The first-order chi connectivity index (χ1) is 9.06. The molecule has 1 aliphatic rings. The quantitative estimate of drug-likeness (QED) is 0.847. The molecule has 1 aromatic rings. The van der Waals surface area contributed by atoms with E-state index in [9.17, 15) is 13.9 Å². The monoisotopic (exact) mass is 270 g/mol. The third-order valence-corrected chi connectivity index (χ3v) is 3.60. The van der Waals surface area contributed by atoms with Gasteiger partial charge in [-0.2, -0.15) is 0 Å². The van der Waals surface area contributed by atoms with Crippen LogP contribution in [0.25, 0.3) is 0 Å². The molecule has 1 heterocycles. The number of likely N-dealkylation sites (tertiary alicyclic amines) is 1. The zero-order valence-electron chi connectivity index (χ0n) is 10.9. The van der Waals surface area contributed by atoms with Crippen molar-refractivity contribution in [2.45, 2.75) is 31.4 Å². The molecule has 0 saturated carbocycles. The van der Waals surface area contributed by atoms with Crippen LogP contribution in [0.1, 0.15) is 18.4 Å². The first-order valence-corrected chi connectivity index (χ1v) is 6.66. The molecule has 3 nitrogen and oxygen atoms in total. The molecule has 0 aromatic heterocycles. The van der Waals surface area contributed by atoms with E-state index in [0.717, 1.165) is 44.1 Å². The van der Waals surface area contributed by atoms with Crippen LogP contribution in [0.5, 0.6) is 0 Å². The Hall–Kier alpha value is -1.04. The summed E-state index contributed by atoms with van der Waals surface area (Å²) >= 11 is 0. The van der Waals surface area contributed by atoms with Crippen molar-refractivity contribution in [3.63, 3.8) is 0 Å². The van der Waals surface area contributed by atoms with Gasteiger partial charge in [0.05, 0.1) is 6.10 Å². The van der Waals surface area contributed by atoms with Crippen molar-refractivity contribution in [2.24, 2.45) is 5.73 Å². The summed E-state index contributed by atoms with van der Waals surface area (Å²) in [6.45, 7) is 2.44. The van der Waals surface area contributed by atoms with Gasteiger partial charge in [0.15, 0.2) is 0 Å². The van der Waals surface area contributed by atoms with Crippen LogP contribution in [-0.2, 0) is 6.42 Å². The Morgan fingerprint density at radius 2 is 1.95 bits per heavy atom. The third kappa shape index (κ3) is 3.96. The average Bonchev–Trinajstić information content (AvgIpc) is 2.86. The van der Waals surface area contributed by atoms with Gasteiger partial charge in [-0.05, 0) is 56.1 Å². The van der Waals surface area contributed by atoms with Crippen LogP contribution in [0.3, 0.4) is 0 Å². The number of benzene rings is 1. The minimum Gasteiger partial charge on any atom is -0.390 e. The highest BCUT2D eigenvalue weighted by atomic mass is 19.1. The standard InChI is InChI=1S/C14H20F2N2O/c15-11-3-4-12(16)10(7-11)8-13(17)14(19)9-18-5-1-2-6-18/h3-4,7,13-14,19H,1-2,5-6,8-9,17H2/t13-,14-/m1/s1. The predicted octanol–water partition coefficient (Wildman–Crippen LogP) is 1.29. The number of nitrogens with two attached hydrogens (primary N) is 1. The van der Waals surface area contributed by atoms with Gasteiger partial charge in [-0.3, -0.25) is 0 Å². The van der Waals surface area contributed by atoms with Crippen molar-refractivity contribution in [3.05, 3.63) is 35.4 Å². The van der Waals surface area contributed by atoms with Crippen molar-refractivity contribution in [2.75, 3.05) is 19.6 Å². The Morgan fingerprint density at radius 3 is 2.63 bits per heavy atom. The maximum absolute atomic E-state index is 13.5. The van der Waals surface area contributed by atoms with Crippen LogP contribution in [0.4, 0.5) is 8.78 Å². The molecule has 2 atom stereocenters. The Labute approximate surface area is 112 Å². The Bertz CT molecular complexity index is 422. The molecule has 3 N–H and O–H groups in total. The zero-order chi connectivity index (χ0) is 13.8. The fourth-order valence-electron chi connectivity index (χ4n) is 2.45. The molecule has 2 rings (SSSR count). The minimum absolute atomic E-state index is 0.138. The lowest BCUT2D eigenvalue weighted by Gasteiger charge is -2.24. The number of nitrogens with zero attached hydrogens (tertiary/aromatic N) is 1. The summed E-state index contributed by atoms with van der Waals surface area (Å²) < 4.78 is 26.5. The molecular formula is C14H20F2N2O. The van der Waals surface area contributed by atoms with Crippen molar-refractivity contribution >= 4 is 0 Å². The van der Waals surface area contributed by atoms with Crippen molar-refractivity contribution in [3.8, 4) is 0 Å². The van der Waals surface area contributed by atoms with Crippen LogP contribution >= 0.6 is 0 Å². The molecule has 0 bridgehead atoms. The van der Waals surface area contributed by atoms with E-state index in [0.29, 0.717) is 6.54 Å². The zero-order valence-corrected chi connectivity index (χ0v) is 10.9. The summed E-state index contributed by atoms with van der Waals surface area (Å²) in [6.07, 6.45) is 1.69. The number of β-amino-alcohol motifs (C(OH)–C–C–N with tert-alkyl or cyclic N) is 1. The van der Waals surface area contributed by atoms with E-state index in [4.69, 9.17) is 5.73 Å². The molecule has 1 fully saturated rings.